The topological polar surface area (TPSA) is 69.7 Å². The zero-order chi connectivity index (χ0) is 21.9. The largest absolute Gasteiger partial charge is 0.416 e. The van der Waals surface area contributed by atoms with Crippen molar-refractivity contribution in [2.45, 2.75) is 17.5 Å². The number of anilines is 1. The van der Waals surface area contributed by atoms with E-state index in [9.17, 15) is 26.4 Å². The molecule has 1 amide bonds. The normalized spacial score (nSPS) is 16.4. The van der Waals surface area contributed by atoms with E-state index in [2.05, 4.69) is 10.2 Å². The van der Waals surface area contributed by atoms with E-state index in [1.54, 1.807) is 0 Å². The van der Waals surface area contributed by atoms with Gasteiger partial charge in [0.05, 0.1) is 16.9 Å². The molecule has 3 rings (SSSR count). The zero-order valence-corrected chi connectivity index (χ0v) is 17.1. The van der Waals surface area contributed by atoms with E-state index in [0.29, 0.717) is 37.4 Å². The number of hydrogen-bond donors (Lipinski definition) is 1. The van der Waals surface area contributed by atoms with E-state index in [4.69, 9.17) is 0 Å². The predicted molar refractivity (Wildman–Crippen MR) is 106 cm³/mol. The lowest BCUT2D eigenvalue weighted by atomic mass is 10.1. The van der Waals surface area contributed by atoms with Crippen LogP contribution in [0.2, 0.25) is 0 Å². The summed E-state index contributed by atoms with van der Waals surface area (Å²) in [7, 11) is -1.66. The molecule has 1 N–H and O–H groups in total. The molecule has 0 spiro atoms. The highest BCUT2D eigenvalue weighted by atomic mass is 32.2. The minimum Gasteiger partial charge on any atom is -0.326 e. The van der Waals surface area contributed by atoms with E-state index < -0.39 is 27.7 Å². The number of nitrogens with zero attached hydrogens (tertiary/aromatic N) is 2. The van der Waals surface area contributed by atoms with Crippen LogP contribution >= 0.6 is 0 Å². The van der Waals surface area contributed by atoms with Crippen molar-refractivity contribution in [3.05, 3.63) is 59.7 Å². The number of hydrogen-bond acceptors (Lipinski definition) is 4. The van der Waals surface area contributed by atoms with Crippen LogP contribution in [-0.2, 0) is 27.4 Å². The number of carbonyl (C=O) groups excluding carboxylic acids is 1. The number of halogens is 3. The maximum Gasteiger partial charge on any atom is 0.416 e. The van der Waals surface area contributed by atoms with Crippen LogP contribution in [-0.4, -0.2) is 56.8 Å². The summed E-state index contributed by atoms with van der Waals surface area (Å²) in [6.07, 6.45) is -4.52. The fourth-order valence-corrected chi connectivity index (χ4v) is 4.51. The Bertz CT molecular complexity index is 983. The number of sulfonamides is 1. The summed E-state index contributed by atoms with van der Waals surface area (Å²) in [6.45, 7) is 2.17. The summed E-state index contributed by atoms with van der Waals surface area (Å²) in [4.78, 5) is 14.4. The lowest BCUT2D eigenvalue weighted by molar-refractivity contribution is -0.137. The fraction of sp³-hybridized carbons (Fsp3) is 0.350. The molecule has 1 saturated heterocycles. The smallest absolute Gasteiger partial charge is 0.326 e. The molecule has 1 heterocycles. The number of alkyl halides is 3. The van der Waals surface area contributed by atoms with E-state index in [1.807, 2.05) is 7.05 Å². The van der Waals surface area contributed by atoms with Crippen LogP contribution in [0, 0.1) is 0 Å². The lowest BCUT2D eigenvalue weighted by Crippen LogP contribution is -2.46. The third-order valence-electron chi connectivity index (χ3n) is 4.88. The van der Waals surface area contributed by atoms with E-state index >= 15 is 0 Å². The fourth-order valence-electron chi connectivity index (χ4n) is 3.09. The molecule has 6 nitrogen and oxygen atoms in total. The van der Waals surface area contributed by atoms with Gasteiger partial charge in [-0.25, -0.2) is 8.42 Å². The second-order valence-corrected chi connectivity index (χ2v) is 9.09. The summed E-state index contributed by atoms with van der Waals surface area (Å²) in [5.41, 5.74) is 0.0720. The van der Waals surface area contributed by atoms with Gasteiger partial charge in [0.1, 0.15) is 0 Å². The van der Waals surface area contributed by atoms with Crippen molar-refractivity contribution in [3.63, 3.8) is 0 Å². The van der Waals surface area contributed by atoms with Crippen LogP contribution in [0.15, 0.2) is 53.4 Å². The second kappa shape index (κ2) is 8.75. The Morgan fingerprint density at radius 1 is 0.967 bits per heavy atom. The van der Waals surface area contributed by atoms with Crippen LogP contribution in [0.5, 0.6) is 0 Å². The SMILES string of the molecule is CN1CCN(S(=O)(=O)c2ccc(NC(=O)Cc3ccc(C(F)(F)F)cc3)cc2)CC1. The number of benzene rings is 2. The average molecular weight is 441 g/mol. The van der Waals surface area contributed by atoms with Gasteiger partial charge in [0.25, 0.3) is 0 Å². The van der Waals surface area contributed by atoms with E-state index in [0.717, 1.165) is 12.1 Å². The summed E-state index contributed by atoms with van der Waals surface area (Å²) in [5, 5.41) is 2.62. The maximum absolute atomic E-state index is 12.7. The second-order valence-electron chi connectivity index (χ2n) is 7.15. The highest BCUT2D eigenvalue weighted by molar-refractivity contribution is 7.89. The number of piperazine rings is 1. The Balaban J connectivity index is 1.60. The van der Waals surface area contributed by atoms with Gasteiger partial charge in [0.2, 0.25) is 15.9 Å². The molecule has 0 saturated carbocycles. The molecule has 0 aliphatic carbocycles. The number of rotatable bonds is 5. The predicted octanol–water partition coefficient (Wildman–Crippen LogP) is 2.82. The summed E-state index contributed by atoms with van der Waals surface area (Å²) in [5.74, 6) is -0.413. The minimum atomic E-state index is -4.42. The van der Waals surface area contributed by atoms with Crippen molar-refractivity contribution in [1.29, 1.82) is 0 Å². The first kappa shape index (κ1) is 22.3. The van der Waals surface area contributed by atoms with Gasteiger partial charge in [-0.15, -0.1) is 0 Å². The standard InChI is InChI=1S/C20H22F3N3O3S/c1-25-10-12-26(13-11-25)30(28,29)18-8-6-17(7-9-18)24-19(27)14-15-2-4-16(5-3-15)20(21,22)23/h2-9H,10-14H2,1H3,(H,24,27). The third kappa shape index (κ3) is 5.38. The zero-order valence-electron chi connectivity index (χ0n) is 16.3. The summed E-state index contributed by atoms with van der Waals surface area (Å²) in [6, 6.07) is 10.2. The third-order valence-corrected chi connectivity index (χ3v) is 6.80. The van der Waals surface area contributed by atoms with Crippen LogP contribution < -0.4 is 5.32 Å². The van der Waals surface area contributed by atoms with Crippen molar-refractivity contribution in [3.8, 4) is 0 Å². The summed E-state index contributed by atoms with van der Waals surface area (Å²) >= 11 is 0. The molecule has 0 aromatic heterocycles. The number of likely N-dealkylation sites (N-methyl/N-ethyl adjacent to an activating group) is 1. The van der Waals surface area contributed by atoms with Gasteiger partial charge in [-0.3, -0.25) is 4.79 Å². The average Bonchev–Trinajstić information content (AvgIpc) is 2.68. The van der Waals surface area contributed by atoms with Crippen LogP contribution in [0.25, 0.3) is 0 Å². The number of nitrogens with one attached hydrogen (secondary N) is 1. The highest BCUT2D eigenvalue weighted by Gasteiger charge is 2.30. The molecule has 0 unspecified atom stereocenters. The van der Waals surface area contributed by atoms with Crippen molar-refractivity contribution in [1.82, 2.24) is 9.21 Å². The molecule has 10 heteroatoms. The molecule has 1 fully saturated rings. The highest BCUT2D eigenvalue weighted by Crippen LogP contribution is 2.29. The van der Waals surface area contributed by atoms with Gasteiger partial charge in [-0.2, -0.15) is 17.5 Å². The number of amides is 1. The van der Waals surface area contributed by atoms with Gasteiger partial charge in [0.15, 0.2) is 0 Å². The summed E-state index contributed by atoms with van der Waals surface area (Å²) < 4.78 is 64.6. The van der Waals surface area contributed by atoms with Crippen LogP contribution in [0.1, 0.15) is 11.1 Å². The Morgan fingerprint density at radius 2 is 1.53 bits per heavy atom. The molecule has 30 heavy (non-hydrogen) atoms. The molecule has 0 atom stereocenters. The Labute approximate surface area is 173 Å². The molecule has 0 radical (unpaired) electrons. The first-order valence-corrected chi connectivity index (χ1v) is 10.7. The van der Waals surface area contributed by atoms with Gasteiger partial charge in [-0.05, 0) is 49.0 Å². The Hall–Kier alpha value is -2.43. The molecule has 1 aliphatic rings. The van der Waals surface area contributed by atoms with Crippen molar-refractivity contribution in [2.75, 3.05) is 38.5 Å². The van der Waals surface area contributed by atoms with Gasteiger partial charge in [0, 0.05) is 31.9 Å². The quantitative estimate of drug-likeness (QED) is 0.775. The maximum atomic E-state index is 12.7. The van der Waals surface area contributed by atoms with Crippen molar-refractivity contribution >= 4 is 21.6 Å². The van der Waals surface area contributed by atoms with Gasteiger partial charge < -0.3 is 10.2 Å². The Kier molecular flexibility index (Phi) is 6.49. The van der Waals surface area contributed by atoms with Crippen LogP contribution in [0.3, 0.4) is 0 Å². The molecular weight excluding hydrogens is 419 g/mol. The molecule has 162 valence electrons. The van der Waals surface area contributed by atoms with E-state index in [-0.39, 0.29) is 11.3 Å². The van der Waals surface area contributed by atoms with Gasteiger partial charge in [-0.1, -0.05) is 12.1 Å². The monoisotopic (exact) mass is 441 g/mol. The molecule has 2 aromatic rings. The van der Waals surface area contributed by atoms with Crippen LogP contribution in [0.4, 0.5) is 18.9 Å². The molecular formula is C20H22F3N3O3S. The molecule has 2 aromatic carbocycles. The minimum absolute atomic E-state index is 0.0977. The van der Waals surface area contributed by atoms with Crippen molar-refractivity contribution < 1.29 is 26.4 Å². The molecule has 1 aliphatic heterocycles. The van der Waals surface area contributed by atoms with E-state index in [1.165, 1.54) is 40.7 Å². The number of carbonyl (C=O) groups is 1. The first-order chi connectivity index (χ1) is 14.1. The Morgan fingerprint density at radius 3 is 2.07 bits per heavy atom. The molecule has 0 bridgehead atoms. The van der Waals surface area contributed by atoms with Gasteiger partial charge >= 0.3 is 6.18 Å². The van der Waals surface area contributed by atoms with Crippen molar-refractivity contribution in [2.24, 2.45) is 0 Å². The first-order valence-electron chi connectivity index (χ1n) is 9.30. The lowest BCUT2D eigenvalue weighted by Gasteiger charge is -2.31.